The molecule has 0 aromatic heterocycles. The summed E-state index contributed by atoms with van der Waals surface area (Å²) in [4.78, 5) is 11.3. The lowest BCUT2D eigenvalue weighted by Gasteiger charge is -2.02. The maximum atomic E-state index is 11.3. The van der Waals surface area contributed by atoms with Crippen LogP contribution in [-0.4, -0.2) is 12.5 Å². The van der Waals surface area contributed by atoms with Crippen molar-refractivity contribution >= 4 is 5.91 Å². The van der Waals surface area contributed by atoms with E-state index >= 15 is 0 Å². The van der Waals surface area contributed by atoms with Gasteiger partial charge >= 0.3 is 0 Å². The number of amides is 1. The predicted octanol–water partition coefficient (Wildman–Crippen LogP) is 5.77. The minimum absolute atomic E-state index is 0.0839. The molecule has 1 N–H and O–H groups in total. The first-order valence-corrected chi connectivity index (χ1v) is 9.66. The van der Waals surface area contributed by atoms with Crippen molar-refractivity contribution in [1.82, 2.24) is 5.32 Å². The molecule has 1 amide bonds. The minimum Gasteiger partial charge on any atom is -0.345 e. The fourth-order valence-corrected chi connectivity index (χ4v) is 2.59. The highest BCUT2D eigenvalue weighted by molar-refractivity contribution is 5.76. The van der Waals surface area contributed by atoms with E-state index in [4.69, 9.17) is 6.42 Å². The van der Waals surface area contributed by atoms with Crippen LogP contribution < -0.4 is 5.32 Å². The van der Waals surface area contributed by atoms with Crippen molar-refractivity contribution in [2.75, 3.05) is 6.54 Å². The molecule has 2 nitrogen and oxygen atoms in total. The molecular weight excluding hydrogens is 282 g/mol. The summed E-state index contributed by atoms with van der Waals surface area (Å²) < 4.78 is 0. The van der Waals surface area contributed by atoms with Gasteiger partial charge in [-0.2, -0.15) is 0 Å². The SMILES string of the molecule is C#CCNC(=O)CCCCCCCC=CCCCCCCCC. The largest absolute Gasteiger partial charge is 0.345 e. The van der Waals surface area contributed by atoms with Crippen molar-refractivity contribution in [1.29, 1.82) is 0 Å². The fraction of sp³-hybridized carbons (Fsp3) is 0.762. The van der Waals surface area contributed by atoms with Crippen LogP contribution in [0.1, 0.15) is 96.8 Å². The zero-order valence-corrected chi connectivity index (χ0v) is 15.2. The summed E-state index contributed by atoms with van der Waals surface area (Å²) in [6.07, 6.45) is 27.0. The third-order valence-electron chi connectivity index (χ3n) is 4.05. The molecule has 0 heterocycles. The van der Waals surface area contributed by atoms with Gasteiger partial charge in [-0.25, -0.2) is 0 Å². The Bertz CT molecular complexity index is 327. The van der Waals surface area contributed by atoms with Crippen molar-refractivity contribution in [2.24, 2.45) is 0 Å². The maximum absolute atomic E-state index is 11.3. The van der Waals surface area contributed by atoms with Gasteiger partial charge < -0.3 is 5.32 Å². The normalized spacial score (nSPS) is 10.8. The molecule has 0 rings (SSSR count). The number of unbranched alkanes of at least 4 members (excludes halogenated alkanes) is 11. The van der Waals surface area contributed by atoms with Gasteiger partial charge in [0.15, 0.2) is 0 Å². The predicted molar refractivity (Wildman–Crippen MR) is 101 cm³/mol. The van der Waals surface area contributed by atoms with E-state index in [1.165, 1.54) is 70.6 Å². The van der Waals surface area contributed by atoms with Crippen LogP contribution in [0.5, 0.6) is 0 Å². The van der Waals surface area contributed by atoms with Crippen LogP contribution in [0.25, 0.3) is 0 Å². The van der Waals surface area contributed by atoms with Gasteiger partial charge in [0.2, 0.25) is 5.91 Å². The van der Waals surface area contributed by atoms with Gasteiger partial charge in [0.25, 0.3) is 0 Å². The smallest absolute Gasteiger partial charge is 0.220 e. The Morgan fingerprint density at radius 1 is 0.870 bits per heavy atom. The average molecular weight is 320 g/mol. The number of hydrogen-bond donors (Lipinski definition) is 1. The number of allylic oxidation sites excluding steroid dienone is 2. The lowest BCUT2D eigenvalue weighted by atomic mass is 10.1. The summed E-state index contributed by atoms with van der Waals surface area (Å²) in [6, 6.07) is 0. The second kappa shape index (κ2) is 18.8. The molecule has 0 atom stereocenters. The molecule has 0 spiro atoms. The Morgan fingerprint density at radius 2 is 1.39 bits per heavy atom. The molecule has 0 saturated carbocycles. The van der Waals surface area contributed by atoms with Gasteiger partial charge in [0.05, 0.1) is 6.54 Å². The van der Waals surface area contributed by atoms with E-state index in [-0.39, 0.29) is 5.91 Å². The average Bonchev–Trinajstić information content (AvgIpc) is 2.56. The Labute approximate surface area is 144 Å². The zero-order valence-electron chi connectivity index (χ0n) is 15.2. The van der Waals surface area contributed by atoms with Crippen molar-refractivity contribution < 1.29 is 4.79 Å². The van der Waals surface area contributed by atoms with E-state index < -0.39 is 0 Å². The van der Waals surface area contributed by atoms with Crippen molar-refractivity contribution in [3.63, 3.8) is 0 Å². The number of terminal acetylenes is 1. The van der Waals surface area contributed by atoms with Gasteiger partial charge in [0, 0.05) is 6.42 Å². The molecule has 0 bridgehead atoms. The standard InChI is InChI=1S/C21H37NO/c1-3-5-6-7-8-9-10-11-12-13-14-15-16-17-18-19-21(23)22-20-4-2/h2,11-12H,3,5-10,13-20H2,1H3,(H,22,23). The van der Waals surface area contributed by atoms with E-state index in [1.54, 1.807) is 0 Å². The van der Waals surface area contributed by atoms with Crippen LogP contribution in [0, 0.1) is 12.3 Å². The van der Waals surface area contributed by atoms with Crippen molar-refractivity contribution in [2.45, 2.75) is 96.8 Å². The molecule has 132 valence electrons. The highest BCUT2D eigenvalue weighted by Crippen LogP contribution is 2.09. The van der Waals surface area contributed by atoms with E-state index in [9.17, 15) is 4.79 Å². The van der Waals surface area contributed by atoms with Gasteiger partial charge in [-0.3, -0.25) is 4.79 Å². The summed E-state index contributed by atoms with van der Waals surface area (Å²) >= 11 is 0. The summed E-state index contributed by atoms with van der Waals surface area (Å²) in [5, 5.41) is 2.70. The minimum atomic E-state index is 0.0839. The molecule has 0 radical (unpaired) electrons. The second-order valence-corrected chi connectivity index (χ2v) is 6.32. The highest BCUT2D eigenvalue weighted by Gasteiger charge is 1.98. The third kappa shape index (κ3) is 18.7. The molecule has 0 unspecified atom stereocenters. The molecule has 2 heteroatoms. The van der Waals surface area contributed by atoms with Crippen LogP contribution >= 0.6 is 0 Å². The molecule has 0 aromatic rings. The number of hydrogen-bond acceptors (Lipinski definition) is 1. The van der Waals surface area contributed by atoms with Gasteiger partial charge in [-0.05, 0) is 32.1 Å². The van der Waals surface area contributed by atoms with Crippen LogP contribution in [0.4, 0.5) is 0 Å². The fourth-order valence-electron chi connectivity index (χ4n) is 2.59. The van der Waals surface area contributed by atoms with Crippen molar-refractivity contribution in [3.05, 3.63) is 12.2 Å². The molecule has 23 heavy (non-hydrogen) atoms. The zero-order chi connectivity index (χ0) is 17.0. The van der Waals surface area contributed by atoms with E-state index in [1.807, 2.05) is 0 Å². The van der Waals surface area contributed by atoms with E-state index in [0.717, 1.165) is 12.8 Å². The van der Waals surface area contributed by atoms with E-state index in [2.05, 4.69) is 30.3 Å². The topological polar surface area (TPSA) is 29.1 Å². The molecule has 0 saturated heterocycles. The highest BCUT2D eigenvalue weighted by atomic mass is 16.1. The third-order valence-corrected chi connectivity index (χ3v) is 4.05. The number of carbonyl (C=O) groups is 1. The first-order valence-electron chi connectivity index (χ1n) is 9.66. The Balaban J connectivity index is 3.16. The summed E-state index contributed by atoms with van der Waals surface area (Å²) in [5.74, 6) is 2.50. The number of carbonyl (C=O) groups excluding carboxylic acids is 1. The molecule has 0 aliphatic rings. The van der Waals surface area contributed by atoms with Crippen LogP contribution in [0.2, 0.25) is 0 Å². The van der Waals surface area contributed by atoms with Gasteiger partial charge in [-0.1, -0.05) is 76.4 Å². The number of rotatable bonds is 16. The monoisotopic (exact) mass is 319 g/mol. The Kier molecular flexibility index (Phi) is 17.8. The summed E-state index contributed by atoms with van der Waals surface area (Å²) in [6.45, 7) is 2.62. The molecule has 0 aliphatic heterocycles. The lowest BCUT2D eigenvalue weighted by molar-refractivity contribution is -0.120. The van der Waals surface area contributed by atoms with Crippen LogP contribution in [0.15, 0.2) is 12.2 Å². The first kappa shape index (κ1) is 21.8. The summed E-state index contributed by atoms with van der Waals surface area (Å²) in [5.41, 5.74) is 0. The maximum Gasteiger partial charge on any atom is 0.220 e. The first-order chi connectivity index (χ1) is 11.3. The van der Waals surface area contributed by atoms with Crippen LogP contribution in [-0.2, 0) is 4.79 Å². The lowest BCUT2D eigenvalue weighted by Crippen LogP contribution is -2.22. The Morgan fingerprint density at radius 3 is 1.96 bits per heavy atom. The number of nitrogens with one attached hydrogen (secondary N) is 1. The second-order valence-electron chi connectivity index (χ2n) is 6.32. The van der Waals surface area contributed by atoms with Crippen molar-refractivity contribution in [3.8, 4) is 12.3 Å². The Hall–Kier alpha value is -1.23. The quantitative estimate of drug-likeness (QED) is 0.218. The van der Waals surface area contributed by atoms with Gasteiger partial charge in [-0.15, -0.1) is 6.42 Å². The summed E-state index contributed by atoms with van der Waals surface area (Å²) in [7, 11) is 0. The molecule has 0 aliphatic carbocycles. The molecular formula is C21H37NO. The van der Waals surface area contributed by atoms with E-state index in [0.29, 0.717) is 13.0 Å². The van der Waals surface area contributed by atoms with Gasteiger partial charge in [0.1, 0.15) is 0 Å². The van der Waals surface area contributed by atoms with Crippen LogP contribution in [0.3, 0.4) is 0 Å². The molecule has 0 fully saturated rings. The molecule has 0 aromatic carbocycles.